The number of phenolic OH excluding ortho intramolecular Hbond substituents is 4. The Morgan fingerprint density at radius 1 is 0.396 bits per heavy atom. The van der Waals surface area contributed by atoms with E-state index in [1.807, 2.05) is 60.7 Å². The van der Waals surface area contributed by atoms with Gasteiger partial charge < -0.3 is 29.9 Å². The number of carbonyl (C=O) groups is 1. The maximum Gasteiger partial charge on any atom is 0.510 e. The van der Waals surface area contributed by atoms with Gasteiger partial charge in [-0.25, -0.2) is 4.79 Å². The van der Waals surface area contributed by atoms with Crippen LogP contribution in [0.5, 0.6) is 23.0 Å². The molecule has 0 unspecified atom stereocenters. The van der Waals surface area contributed by atoms with Gasteiger partial charge in [0.1, 0.15) is 23.0 Å². The first-order valence-electron chi connectivity index (χ1n) is 15.4. The molecule has 0 saturated carbocycles. The molecular weight excluding hydrogens is 604 g/mol. The Bertz CT molecular complexity index is 1700. The lowest BCUT2D eigenvalue weighted by Gasteiger charge is -2.38. The number of aromatic hydroxyl groups is 4. The lowest BCUT2D eigenvalue weighted by atomic mass is 9.80. The number of hydrogen-bond donors (Lipinski definition) is 4. The van der Waals surface area contributed by atoms with Crippen LogP contribution in [0.3, 0.4) is 0 Å². The van der Waals surface area contributed by atoms with Gasteiger partial charge in [-0.05, 0) is 59.7 Å². The second kappa shape index (κ2) is 13.6. The largest absolute Gasteiger partial charge is 0.510 e. The normalized spacial score (nSPS) is 11.5. The Balaban J connectivity index is 1.52. The van der Waals surface area contributed by atoms with Crippen molar-refractivity contribution in [2.24, 2.45) is 0 Å². The van der Waals surface area contributed by atoms with Gasteiger partial charge in [0.2, 0.25) is 0 Å². The number of rotatable bonds is 10. The number of hydrogen-bond acceptors (Lipinski definition) is 7. The number of ether oxygens (including phenoxy) is 2. The fourth-order valence-electron chi connectivity index (χ4n) is 6.04. The van der Waals surface area contributed by atoms with E-state index in [2.05, 4.69) is 0 Å². The molecular formula is C41H34O7. The van der Waals surface area contributed by atoms with E-state index in [9.17, 15) is 25.2 Å². The van der Waals surface area contributed by atoms with E-state index in [0.717, 1.165) is 11.1 Å². The number of phenols is 4. The number of benzene rings is 6. The summed E-state index contributed by atoms with van der Waals surface area (Å²) in [6, 6.07) is 44.8. The maximum absolute atomic E-state index is 14.6. The van der Waals surface area contributed by atoms with Crippen molar-refractivity contribution in [2.45, 2.75) is 24.0 Å². The highest BCUT2D eigenvalue weighted by Gasteiger charge is 2.44. The lowest BCUT2D eigenvalue weighted by Crippen LogP contribution is -2.41. The predicted octanol–water partition coefficient (Wildman–Crippen LogP) is 8.34. The molecule has 0 fully saturated rings. The van der Waals surface area contributed by atoms with Crippen molar-refractivity contribution in [1.82, 2.24) is 0 Å². The van der Waals surface area contributed by atoms with Crippen molar-refractivity contribution >= 4 is 6.16 Å². The van der Waals surface area contributed by atoms with Crippen molar-refractivity contribution in [3.63, 3.8) is 0 Å². The van der Waals surface area contributed by atoms with E-state index in [0.29, 0.717) is 22.3 Å². The highest BCUT2D eigenvalue weighted by molar-refractivity contribution is 5.65. The van der Waals surface area contributed by atoms with Crippen LogP contribution < -0.4 is 0 Å². The Morgan fingerprint density at radius 3 is 0.896 bits per heavy atom. The van der Waals surface area contributed by atoms with Crippen molar-refractivity contribution in [3.05, 3.63) is 191 Å². The van der Waals surface area contributed by atoms with Gasteiger partial charge in [0.25, 0.3) is 0 Å². The van der Waals surface area contributed by atoms with Crippen molar-refractivity contribution in [2.75, 3.05) is 0 Å². The summed E-state index contributed by atoms with van der Waals surface area (Å²) in [4.78, 5) is 14.6. The summed E-state index contributed by atoms with van der Waals surface area (Å²) in [6.45, 7) is 0. The molecule has 0 aromatic heterocycles. The summed E-state index contributed by atoms with van der Waals surface area (Å²) in [7, 11) is 0. The van der Waals surface area contributed by atoms with Gasteiger partial charge in [-0.15, -0.1) is 0 Å². The van der Waals surface area contributed by atoms with Gasteiger partial charge in [0.05, 0.1) is 0 Å². The summed E-state index contributed by atoms with van der Waals surface area (Å²) in [5.41, 5.74) is 1.04. The smallest absolute Gasteiger partial charge is 0.508 e. The molecule has 6 aromatic carbocycles. The van der Waals surface area contributed by atoms with Gasteiger partial charge in [-0.3, -0.25) is 0 Å². The molecule has 4 N–H and O–H groups in total. The molecule has 0 aliphatic rings. The molecule has 0 amide bonds. The Kier molecular flexibility index (Phi) is 9.03. The molecule has 48 heavy (non-hydrogen) atoms. The lowest BCUT2D eigenvalue weighted by molar-refractivity contribution is -0.0606. The van der Waals surface area contributed by atoms with Crippen LogP contribution in [-0.4, -0.2) is 26.6 Å². The van der Waals surface area contributed by atoms with E-state index in [-0.39, 0.29) is 35.8 Å². The molecule has 0 bridgehead atoms. The van der Waals surface area contributed by atoms with Crippen LogP contribution in [0.25, 0.3) is 0 Å². The molecule has 6 aromatic rings. The monoisotopic (exact) mass is 638 g/mol. The molecule has 240 valence electrons. The quantitative estimate of drug-likeness (QED) is 0.112. The first-order valence-corrected chi connectivity index (χ1v) is 15.4. The molecule has 0 radical (unpaired) electrons. The summed E-state index contributed by atoms with van der Waals surface area (Å²) in [5.74, 6) is 0.175. The standard InChI is InChI=1S/C41H34O7/c42-35-19-11-31(12-20-35)40(27-29-7-3-1-4-8-29,32-13-21-36(43)22-14-32)47-39(46)48-41(28-30-9-5-2-6-10-30,33-15-23-37(44)24-16-33)34-17-25-38(45)26-18-34/h1-26,42-45H,27-28H2. The third-order valence-corrected chi connectivity index (χ3v) is 8.44. The van der Waals surface area contributed by atoms with Crippen LogP contribution in [0, 0.1) is 0 Å². The summed E-state index contributed by atoms with van der Waals surface area (Å²) < 4.78 is 13.1. The molecule has 0 saturated heterocycles. The highest BCUT2D eigenvalue weighted by Crippen LogP contribution is 2.43. The van der Waals surface area contributed by atoms with Crippen molar-refractivity contribution in [1.29, 1.82) is 0 Å². The zero-order chi connectivity index (χ0) is 33.6. The van der Waals surface area contributed by atoms with E-state index >= 15 is 0 Å². The number of carbonyl (C=O) groups excluding carboxylic acids is 1. The third-order valence-electron chi connectivity index (χ3n) is 8.44. The Hall–Kier alpha value is -6.21. The van der Waals surface area contributed by atoms with Crippen molar-refractivity contribution < 1.29 is 34.7 Å². The molecule has 0 aliphatic heterocycles. The minimum Gasteiger partial charge on any atom is -0.508 e. The highest BCUT2D eigenvalue weighted by atomic mass is 16.7. The van der Waals surface area contributed by atoms with E-state index in [1.54, 1.807) is 48.5 Å². The minimum absolute atomic E-state index is 0.0437. The predicted molar refractivity (Wildman–Crippen MR) is 182 cm³/mol. The average molecular weight is 639 g/mol. The van der Waals surface area contributed by atoms with Crippen LogP contribution in [0.4, 0.5) is 4.79 Å². The molecule has 6 rings (SSSR count). The summed E-state index contributed by atoms with van der Waals surface area (Å²) in [5, 5.41) is 40.7. The maximum atomic E-state index is 14.6. The summed E-state index contributed by atoms with van der Waals surface area (Å²) in [6.07, 6.45) is -0.602. The second-order valence-electron chi connectivity index (χ2n) is 11.6. The molecule has 7 nitrogen and oxygen atoms in total. The van der Waals surface area contributed by atoms with Crippen molar-refractivity contribution in [3.8, 4) is 23.0 Å². The van der Waals surface area contributed by atoms with Crippen LogP contribution in [0.15, 0.2) is 158 Å². The van der Waals surface area contributed by atoms with Gasteiger partial charge in [0.15, 0.2) is 11.2 Å². The van der Waals surface area contributed by atoms with Crippen LogP contribution in [-0.2, 0) is 33.5 Å². The van der Waals surface area contributed by atoms with E-state index in [1.165, 1.54) is 48.5 Å². The first kappa shape index (κ1) is 31.8. The molecule has 7 heteroatoms. The minimum atomic E-state index is -1.47. The molecule has 0 aliphatic carbocycles. The van der Waals surface area contributed by atoms with Crippen LogP contribution in [0.1, 0.15) is 33.4 Å². The molecule has 0 atom stereocenters. The van der Waals surface area contributed by atoms with Gasteiger partial charge >= 0.3 is 6.16 Å². The summed E-state index contributed by atoms with van der Waals surface area (Å²) >= 11 is 0. The second-order valence-corrected chi connectivity index (χ2v) is 11.6. The molecule has 0 heterocycles. The average Bonchev–Trinajstić information content (AvgIpc) is 3.10. The fraction of sp³-hybridized carbons (Fsp3) is 0.0976. The van der Waals surface area contributed by atoms with Gasteiger partial charge in [-0.1, -0.05) is 109 Å². The van der Waals surface area contributed by atoms with E-state index in [4.69, 9.17) is 9.47 Å². The molecule has 0 spiro atoms. The SMILES string of the molecule is O=C(OC(Cc1ccccc1)(c1ccc(O)cc1)c1ccc(O)cc1)OC(Cc1ccccc1)(c1ccc(O)cc1)c1ccc(O)cc1. The fourth-order valence-corrected chi connectivity index (χ4v) is 6.04. The van der Waals surface area contributed by atoms with Gasteiger partial charge in [-0.2, -0.15) is 0 Å². The van der Waals surface area contributed by atoms with Gasteiger partial charge in [0, 0.05) is 35.1 Å². The van der Waals surface area contributed by atoms with Crippen LogP contribution in [0.2, 0.25) is 0 Å². The zero-order valence-electron chi connectivity index (χ0n) is 25.9. The first-order chi connectivity index (χ1) is 23.3. The van der Waals surface area contributed by atoms with Crippen LogP contribution >= 0.6 is 0 Å². The third kappa shape index (κ3) is 6.81. The zero-order valence-corrected chi connectivity index (χ0v) is 25.9. The Labute approximate surface area is 278 Å². The van der Waals surface area contributed by atoms with E-state index < -0.39 is 17.4 Å². The Morgan fingerprint density at radius 2 is 0.646 bits per heavy atom. The topological polar surface area (TPSA) is 116 Å².